The van der Waals surface area contributed by atoms with Gasteiger partial charge in [-0.3, -0.25) is 34.8 Å². The molecule has 6 amide bonds. The number of aliphatic hydroxyl groups is 2. The van der Waals surface area contributed by atoms with Gasteiger partial charge in [-0.15, -0.1) is 0 Å². The number of hydrazine groups is 1. The molecular weight excluding hydrogens is 464 g/mol. The normalized spacial score (nSPS) is 25.4. The van der Waals surface area contributed by atoms with E-state index in [1.165, 1.54) is 13.8 Å². The van der Waals surface area contributed by atoms with Crippen molar-refractivity contribution in [3.05, 3.63) is 0 Å². The van der Waals surface area contributed by atoms with E-state index in [1.807, 2.05) is 10.9 Å². The number of hydrogen-bond donors (Lipinski definition) is 8. The average Bonchev–Trinajstić information content (AvgIpc) is 2.79. The first-order valence-electron chi connectivity index (χ1n) is 11.6. The fourth-order valence-corrected chi connectivity index (χ4v) is 3.26. The van der Waals surface area contributed by atoms with Gasteiger partial charge >= 0.3 is 6.03 Å². The fourth-order valence-electron chi connectivity index (χ4n) is 3.26. The maximum atomic E-state index is 12.5. The highest BCUT2D eigenvalue weighted by atomic mass is 16.3. The molecule has 1 saturated heterocycles. The zero-order valence-corrected chi connectivity index (χ0v) is 20.0. The Balaban J connectivity index is 2.99. The third kappa shape index (κ3) is 11.6. The summed E-state index contributed by atoms with van der Waals surface area (Å²) in [6.45, 7) is 2.10. The SMILES string of the molecule is CC(=O)C[C@@H]1NC(=O)N[C@@H](C(C)O)C(=O)NCCCCCCCC(=O)N[C@@H](CO)C(=O)NNC1=O. The molecule has 0 aromatic carbocycles. The van der Waals surface area contributed by atoms with Crippen LogP contribution in [0.25, 0.3) is 0 Å². The predicted octanol–water partition coefficient (Wildman–Crippen LogP) is -2.52. The average molecular weight is 501 g/mol. The zero-order chi connectivity index (χ0) is 26.4. The molecule has 0 spiro atoms. The molecule has 198 valence electrons. The number of hydrogen-bond acceptors (Lipinski definition) is 8. The van der Waals surface area contributed by atoms with Gasteiger partial charge in [0.1, 0.15) is 23.9 Å². The van der Waals surface area contributed by atoms with Crippen molar-refractivity contribution in [1.29, 1.82) is 0 Å². The van der Waals surface area contributed by atoms with Gasteiger partial charge in [0.15, 0.2) is 0 Å². The lowest BCUT2D eigenvalue weighted by Gasteiger charge is -2.23. The van der Waals surface area contributed by atoms with Crippen molar-refractivity contribution >= 4 is 35.4 Å². The Morgan fingerprint density at radius 2 is 1.49 bits per heavy atom. The third-order valence-corrected chi connectivity index (χ3v) is 5.19. The molecule has 14 nitrogen and oxygen atoms in total. The van der Waals surface area contributed by atoms with Crippen LogP contribution in [0.5, 0.6) is 0 Å². The van der Waals surface area contributed by atoms with Crippen LogP contribution in [-0.2, 0) is 24.0 Å². The summed E-state index contributed by atoms with van der Waals surface area (Å²) in [5.41, 5.74) is 4.07. The number of amides is 6. The highest BCUT2D eigenvalue weighted by Gasteiger charge is 2.29. The summed E-state index contributed by atoms with van der Waals surface area (Å²) in [5.74, 6) is -3.38. The lowest BCUT2D eigenvalue weighted by molar-refractivity contribution is -0.134. The van der Waals surface area contributed by atoms with Crippen molar-refractivity contribution in [3.8, 4) is 0 Å². The summed E-state index contributed by atoms with van der Waals surface area (Å²) < 4.78 is 0. The predicted molar refractivity (Wildman–Crippen MR) is 122 cm³/mol. The number of carbonyl (C=O) groups excluding carboxylic acids is 6. The number of urea groups is 1. The van der Waals surface area contributed by atoms with E-state index >= 15 is 0 Å². The van der Waals surface area contributed by atoms with E-state index in [9.17, 15) is 39.0 Å². The van der Waals surface area contributed by atoms with E-state index in [0.717, 1.165) is 19.3 Å². The molecule has 0 aromatic heterocycles. The molecule has 8 N–H and O–H groups in total. The van der Waals surface area contributed by atoms with E-state index < -0.39 is 72.7 Å². The van der Waals surface area contributed by atoms with Gasteiger partial charge in [0.2, 0.25) is 11.8 Å². The van der Waals surface area contributed by atoms with Crippen molar-refractivity contribution < 1.29 is 39.0 Å². The maximum absolute atomic E-state index is 12.5. The van der Waals surface area contributed by atoms with Crippen LogP contribution in [0.2, 0.25) is 0 Å². The number of rotatable bonds is 4. The summed E-state index contributed by atoms with van der Waals surface area (Å²) in [4.78, 5) is 73.2. The van der Waals surface area contributed by atoms with Crippen molar-refractivity contribution in [2.45, 2.75) is 83.0 Å². The van der Waals surface area contributed by atoms with Gasteiger partial charge in [-0.2, -0.15) is 0 Å². The first kappa shape index (κ1) is 29.8. The van der Waals surface area contributed by atoms with E-state index in [2.05, 4.69) is 21.3 Å². The van der Waals surface area contributed by atoms with E-state index in [0.29, 0.717) is 19.4 Å². The van der Waals surface area contributed by atoms with Gasteiger partial charge < -0.3 is 31.5 Å². The van der Waals surface area contributed by atoms with Gasteiger partial charge in [-0.25, -0.2) is 4.79 Å². The van der Waals surface area contributed by atoms with Crippen molar-refractivity contribution in [2.24, 2.45) is 0 Å². The Morgan fingerprint density at radius 3 is 2.09 bits per heavy atom. The van der Waals surface area contributed by atoms with Gasteiger partial charge in [-0.1, -0.05) is 19.3 Å². The summed E-state index contributed by atoms with van der Waals surface area (Å²) in [7, 11) is 0. The molecule has 0 saturated carbocycles. The van der Waals surface area contributed by atoms with Crippen LogP contribution in [0.3, 0.4) is 0 Å². The minimum atomic E-state index is -1.43. The first-order chi connectivity index (χ1) is 16.5. The largest absolute Gasteiger partial charge is 0.394 e. The van der Waals surface area contributed by atoms with Crippen LogP contribution >= 0.6 is 0 Å². The van der Waals surface area contributed by atoms with Crippen molar-refractivity contribution in [3.63, 3.8) is 0 Å². The molecule has 0 radical (unpaired) electrons. The molecule has 1 heterocycles. The highest BCUT2D eigenvalue weighted by Crippen LogP contribution is 2.06. The molecule has 0 aromatic rings. The molecule has 1 rings (SSSR count). The maximum Gasteiger partial charge on any atom is 0.316 e. The summed E-state index contributed by atoms with van der Waals surface area (Å²) in [5, 5.41) is 28.9. The van der Waals surface area contributed by atoms with Gasteiger partial charge in [0, 0.05) is 19.4 Å². The molecule has 4 atom stereocenters. The van der Waals surface area contributed by atoms with Gasteiger partial charge in [-0.05, 0) is 26.7 Å². The first-order valence-corrected chi connectivity index (χ1v) is 11.6. The Bertz CT molecular complexity index is 775. The highest BCUT2D eigenvalue weighted by molar-refractivity contribution is 5.95. The monoisotopic (exact) mass is 500 g/mol. The summed E-state index contributed by atoms with van der Waals surface area (Å²) >= 11 is 0. The van der Waals surface area contributed by atoms with E-state index in [1.54, 1.807) is 0 Å². The lowest BCUT2D eigenvalue weighted by Crippen LogP contribution is -2.60. The zero-order valence-electron chi connectivity index (χ0n) is 20.0. The number of ketones is 1. The topological polar surface area (TPSA) is 215 Å². The van der Waals surface area contributed by atoms with Gasteiger partial charge in [0.05, 0.1) is 12.7 Å². The van der Waals surface area contributed by atoms with Crippen LogP contribution in [0.1, 0.15) is 58.8 Å². The second-order valence-corrected chi connectivity index (χ2v) is 8.38. The van der Waals surface area contributed by atoms with Gasteiger partial charge in [0.25, 0.3) is 11.8 Å². The quantitative estimate of drug-likeness (QED) is 0.206. The Labute approximate surface area is 203 Å². The summed E-state index contributed by atoms with van der Waals surface area (Å²) in [6, 6.07) is -5.05. The van der Waals surface area contributed by atoms with E-state index in [-0.39, 0.29) is 6.42 Å². The molecule has 1 aliphatic heterocycles. The van der Waals surface area contributed by atoms with Crippen LogP contribution < -0.4 is 32.1 Å². The number of aliphatic hydroxyl groups excluding tert-OH is 2. The van der Waals surface area contributed by atoms with Crippen molar-refractivity contribution in [1.82, 2.24) is 32.1 Å². The van der Waals surface area contributed by atoms with Crippen LogP contribution in [-0.4, -0.2) is 83.0 Å². The fraction of sp³-hybridized carbons (Fsp3) is 0.714. The molecule has 35 heavy (non-hydrogen) atoms. The second-order valence-electron chi connectivity index (χ2n) is 8.38. The van der Waals surface area contributed by atoms with Crippen molar-refractivity contribution in [2.75, 3.05) is 13.2 Å². The molecule has 1 unspecified atom stereocenters. The molecule has 1 fully saturated rings. The minimum absolute atomic E-state index is 0.140. The van der Waals surface area contributed by atoms with E-state index in [4.69, 9.17) is 0 Å². The van der Waals surface area contributed by atoms with Crippen LogP contribution in [0.4, 0.5) is 4.79 Å². The number of carbonyl (C=O) groups is 6. The summed E-state index contributed by atoms with van der Waals surface area (Å²) in [6.07, 6.45) is 1.98. The molecule has 1 aliphatic rings. The minimum Gasteiger partial charge on any atom is -0.394 e. The lowest BCUT2D eigenvalue weighted by atomic mass is 10.1. The Morgan fingerprint density at radius 1 is 0.886 bits per heavy atom. The number of nitrogens with one attached hydrogen (secondary N) is 6. The third-order valence-electron chi connectivity index (χ3n) is 5.19. The second kappa shape index (κ2) is 15.6. The smallest absolute Gasteiger partial charge is 0.316 e. The standard InChI is InChI=1S/C21H36N6O8/c1-12(29)10-14-18(32)26-27-19(33)15(11-28)23-16(31)8-6-4-3-5-7-9-22-20(34)17(13(2)30)25-21(35)24-14/h13-15,17,28,30H,3-11H2,1-2H3,(H,22,34)(H,23,31)(H,26,32)(H,27,33)(H2,24,25,35)/t13?,14-,15-,17-/m0/s1. The molecule has 14 heteroatoms. The molecule has 0 bridgehead atoms. The molecule has 0 aliphatic carbocycles. The number of Topliss-reactive ketones (excluding diaryl/α,β-unsaturated/α-hetero) is 1. The molecular formula is C21H36N6O8. The Kier molecular flexibility index (Phi) is 13.3. The van der Waals surface area contributed by atoms with Crippen LogP contribution in [0.15, 0.2) is 0 Å². The Hall–Kier alpha value is -3.26. The van der Waals surface area contributed by atoms with Crippen LogP contribution in [0, 0.1) is 0 Å².